The molecule has 6 heteroatoms. The summed E-state index contributed by atoms with van der Waals surface area (Å²) in [4.78, 5) is 11.9. The molecule has 0 spiro atoms. The van der Waals surface area contributed by atoms with Gasteiger partial charge in [-0.15, -0.1) is 0 Å². The third-order valence-electron chi connectivity index (χ3n) is 2.90. The van der Waals surface area contributed by atoms with Crippen molar-refractivity contribution in [2.24, 2.45) is 5.73 Å². The third kappa shape index (κ3) is 3.82. The van der Waals surface area contributed by atoms with Crippen LogP contribution in [-0.2, 0) is 12.7 Å². The quantitative estimate of drug-likeness (QED) is 0.911. The van der Waals surface area contributed by atoms with Gasteiger partial charge < -0.3 is 11.1 Å². The number of halogens is 3. The lowest BCUT2D eigenvalue weighted by atomic mass is 10.1. The zero-order valence-corrected chi connectivity index (χ0v) is 10.9. The molecule has 2 rings (SSSR count). The third-order valence-corrected chi connectivity index (χ3v) is 2.90. The van der Waals surface area contributed by atoms with Crippen LogP contribution < -0.4 is 11.1 Å². The van der Waals surface area contributed by atoms with E-state index in [9.17, 15) is 18.0 Å². The average Bonchev–Trinajstić information content (AvgIpc) is 2.47. The minimum Gasteiger partial charge on any atom is -0.326 e. The molecule has 0 saturated heterocycles. The Morgan fingerprint density at radius 2 is 1.76 bits per heavy atom. The molecule has 0 fully saturated rings. The Hall–Kier alpha value is -2.34. The fraction of sp³-hybridized carbons (Fsp3) is 0.133. The average molecular weight is 294 g/mol. The van der Waals surface area contributed by atoms with Crippen molar-refractivity contribution in [3.05, 3.63) is 65.2 Å². The first kappa shape index (κ1) is 15.1. The second-order valence-corrected chi connectivity index (χ2v) is 4.43. The summed E-state index contributed by atoms with van der Waals surface area (Å²) >= 11 is 0. The monoisotopic (exact) mass is 294 g/mol. The van der Waals surface area contributed by atoms with E-state index in [1.165, 1.54) is 12.1 Å². The van der Waals surface area contributed by atoms with E-state index in [-0.39, 0.29) is 5.56 Å². The highest BCUT2D eigenvalue weighted by Gasteiger charge is 2.30. The zero-order chi connectivity index (χ0) is 15.5. The number of anilines is 1. The van der Waals surface area contributed by atoms with Gasteiger partial charge >= 0.3 is 6.18 Å². The molecule has 0 aromatic heterocycles. The minimum atomic E-state index is -4.47. The highest BCUT2D eigenvalue weighted by molar-refractivity contribution is 6.04. The molecule has 0 bridgehead atoms. The number of carbonyl (C=O) groups is 1. The van der Waals surface area contributed by atoms with Crippen LogP contribution in [0.25, 0.3) is 0 Å². The lowest BCUT2D eigenvalue weighted by Crippen LogP contribution is -2.14. The molecular weight excluding hydrogens is 281 g/mol. The van der Waals surface area contributed by atoms with Gasteiger partial charge in [0.15, 0.2) is 0 Å². The zero-order valence-electron chi connectivity index (χ0n) is 10.9. The van der Waals surface area contributed by atoms with Crippen molar-refractivity contribution in [2.45, 2.75) is 12.7 Å². The Balaban J connectivity index is 2.16. The second kappa shape index (κ2) is 5.97. The summed E-state index contributed by atoms with van der Waals surface area (Å²) in [6.45, 7) is 0.377. The standard InChI is InChI=1S/C15H13F3N2O/c16-15(17,18)12-3-1-2-11(8-12)14(21)20-13-6-4-10(9-19)5-7-13/h1-8H,9,19H2,(H,20,21). The molecule has 0 radical (unpaired) electrons. The number of alkyl halides is 3. The molecule has 3 nitrogen and oxygen atoms in total. The summed E-state index contributed by atoms with van der Waals surface area (Å²) < 4.78 is 37.8. The van der Waals surface area contributed by atoms with E-state index in [0.717, 1.165) is 17.7 Å². The van der Waals surface area contributed by atoms with E-state index in [2.05, 4.69) is 5.32 Å². The predicted octanol–water partition coefficient (Wildman–Crippen LogP) is 3.42. The van der Waals surface area contributed by atoms with Crippen molar-refractivity contribution < 1.29 is 18.0 Å². The number of rotatable bonds is 3. The lowest BCUT2D eigenvalue weighted by molar-refractivity contribution is -0.137. The highest BCUT2D eigenvalue weighted by atomic mass is 19.4. The fourth-order valence-corrected chi connectivity index (χ4v) is 1.76. The maximum Gasteiger partial charge on any atom is 0.416 e. The summed E-state index contributed by atoms with van der Waals surface area (Å²) in [5.41, 5.74) is 5.94. The van der Waals surface area contributed by atoms with Crippen LogP contribution in [0, 0.1) is 0 Å². The number of hydrogen-bond donors (Lipinski definition) is 2. The first-order chi connectivity index (χ1) is 9.90. The van der Waals surface area contributed by atoms with Crippen molar-refractivity contribution in [1.82, 2.24) is 0 Å². The van der Waals surface area contributed by atoms with Crippen LogP contribution in [0.1, 0.15) is 21.5 Å². The summed E-state index contributed by atoms with van der Waals surface area (Å²) in [7, 11) is 0. The van der Waals surface area contributed by atoms with E-state index >= 15 is 0 Å². The van der Waals surface area contributed by atoms with Gasteiger partial charge in [-0.05, 0) is 35.9 Å². The van der Waals surface area contributed by atoms with Crippen LogP contribution in [0.15, 0.2) is 48.5 Å². The van der Waals surface area contributed by atoms with Crippen molar-refractivity contribution in [3.63, 3.8) is 0 Å². The van der Waals surface area contributed by atoms with Gasteiger partial charge in [0.05, 0.1) is 5.56 Å². The maximum absolute atomic E-state index is 12.6. The Bertz CT molecular complexity index is 636. The number of hydrogen-bond acceptors (Lipinski definition) is 2. The molecular formula is C15H13F3N2O. The molecule has 2 aromatic carbocycles. The van der Waals surface area contributed by atoms with E-state index in [1.807, 2.05) is 0 Å². The molecule has 0 heterocycles. The van der Waals surface area contributed by atoms with Gasteiger partial charge in [0.2, 0.25) is 0 Å². The Labute approximate surface area is 119 Å². The van der Waals surface area contributed by atoms with Crippen molar-refractivity contribution in [1.29, 1.82) is 0 Å². The van der Waals surface area contributed by atoms with Crippen molar-refractivity contribution in [3.8, 4) is 0 Å². The summed E-state index contributed by atoms with van der Waals surface area (Å²) in [5.74, 6) is -0.596. The number of carbonyl (C=O) groups excluding carboxylic acids is 1. The molecule has 21 heavy (non-hydrogen) atoms. The van der Waals surface area contributed by atoms with Crippen LogP contribution >= 0.6 is 0 Å². The van der Waals surface area contributed by atoms with Gasteiger partial charge in [-0.25, -0.2) is 0 Å². The summed E-state index contributed by atoms with van der Waals surface area (Å²) in [5, 5.41) is 2.54. The van der Waals surface area contributed by atoms with Crippen molar-refractivity contribution >= 4 is 11.6 Å². The highest BCUT2D eigenvalue weighted by Crippen LogP contribution is 2.29. The van der Waals surface area contributed by atoms with Gasteiger partial charge in [0.25, 0.3) is 5.91 Å². The van der Waals surface area contributed by atoms with Crippen LogP contribution in [0.5, 0.6) is 0 Å². The molecule has 110 valence electrons. The number of nitrogens with two attached hydrogens (primary N) is 1. The van der Waals surface area contributed by atoms with Gasteiger partial charge in [-0.1, -0.05) is 18.2 Å². The Morgan fingerprint density at radius 3 is 2.33 bits per heavy atom. The summed E-state index contributed by atoms with van der Waals surface area (Å²) in [6.07, 6.45) is -4.47. The molecule has 0 saturated carbocycles. The van der Waals surface area contributed by atoms with Gasteiger partial charge in [-0.2, -0.15) is 13.2 Å². The van der Waals surface area contributed by atoms with Gasteiger partial charge in [0, 0.05) is 17.8 Å². The molecule has 0 unspecified atom stereocenters. The van der Waals surface area contributed by atoms with Crippen LogP contribution in [-0.4, -0.2) is 5.91 Å². The normalized spacial score (nSPS) is 11.2. The lowest BCUT2D eigenvalue weighted by Gasteiger charge is -2.09. The largest absolute Gasteiger partial charge is 0.416 e. The van der Waals surface area contributed by atoms with Gasteiger partial charge in [-0.3, -0.25) is 4.79 Å². The molecule has 1 amide bonds. The van der Waals surface area contributed by atoms with E-state index in [1.54, 1.807) is 24.3 Å². The number of benzene rings is 2. The minimum absolute atomic E-state index is 0.0484. The smallest absolute Gasteiger partial charge is 0.326 e. The Morgan fingerprint density at radius 1 is 1.10 bits per heavy atom. The number of amides is 1. The molecule has 0 aliphatic carbocycles. The molecule has 2 aromatic rings. The summed E-state index contributed by atoms with van der Waals surface area (Å²) in [6, 6.07) is 11.1. The maximum atomic E-state index is 12.6. The van der Waals surface area contributed by atoms with E-state index < -0.39 is 17.6 Å². The Kier molecular flexibility index (Phi) is 4.28. The van der Waals surface area contributed by atoms with Crippen LogP contribution in [0.2, 0.25) is 0 Å². The van der Waals surface area contributed by atoms with Crippen LogP contribution in [0.4, 0.5) is 18.9 Å². The van der Waals surface area contributed by atoms with Crippen molar-refractivity contribution in [2.75, 3.05) is 5.32 Å². The second-order valence-electron chi connectivity index (χ2n) is 4.43. The molecule has 0 atom stereocenters. The first-order valence-corrected chi connectivity index (χ1v) is 6.18. The van der Waals surface area contributed by atoms with Crippen LogP contribution in [0.3, 0.4) is 0 Å². The van der Waals surface area contributed by atoms with E-state index in [4.69, 9.17) is 5.73 Å². The molecule has 0 aliphatic heterocycles. The predicted molar refractivity (Wildman–Crippen MR) is 73.7 cm³/mol. The first-order valence-electron chi connectivity index (χ1n) is 6.18. The topological polar surface area (TPSA) is 55.1 Å². The molecule has 0 aliphatic rings. The molecule has 3 N–H and O–H groups in total. The SMILES string of the molecule is NCc1ccc(NC(=O)c2cccc(C(F)(F)F)c2)cc1. The number of nitrogens with one attached hydrogen (secondary N) is 1. The van der Waals surface area contributed by atoms with Gasteiger partial charge in [0.1, 0.15) is 0 Å². The van der Waals surface area contributed by atoms with E-state index in [0.29, 0.717) is 12.2 Å². The fourth-order valence-electron chi connectivity index (χ4n) is 1.76.